The molecule has 9 heteroatoms. The monoisotopic (exact) mass is 304 g/mol. The molecule has 0 spiro atoms. The Kier molecular flexibility index (Phi) is 3.83. The van der Waals surface area contributed by atoms with E-state index in [1.54, 1.807) is 12.4 Å². The molecule has 6 nitrogen and oxygen atoms in total. The maximum Gasteiger partial charge on any atom is 0.184 e. The van der Waals surface area contributed by atoms with E-state index in [-0.39, 0.29) is 16.5 Å². The van der Waals surface area contributed by atoms with Gasteiger partial charge in [-0.2, -0.15) is 4.37 Å². The molecule has 0 amide bonds. The van der Waals surface area contributed by atoms with Crippen molar-refractivity contribution in [1.29, 1.82) is 0 Å². The van der Waals surface area contributed by atoms with Crippen LogP contribution in [0.25, 0.3) is 0 Å². The second-order valence-electron chi connectivity index (χ2n) is 3.46. The second-order valence-corrected chi connectivity index (χ2v) is 7.17. The summed E-state index contributed by atoms with van der Waals surface area (Å²) in [6.07, 6.45) is 0. The van der Waals surface area contributed by atoms with Crippen LogP contribution in [0.2, 0.25) is 0 Å². The van der Waals surface area contributed by atoms with E-state index in [1.165, 1.54) is 11.3 Å². The Morgan fingerprint density at radius 1 is 1.50 bits per heavy atom. The first kappa shape index (κ1) is 13.2. The lowest BCUT2D eigenvalue weighted by Crippen LogP contribution is -2.09. The number of nitrogens with zero attached hydrogens (tertiary/aromatic N) is 2. The van der Waals surface area contributed by atoms with Crippen molar-refractivity contribution < 1.29 is 8.42 Å². The summed E-state index contributed by atoms with van der Waals surface area (Å²) in [6.45, 7) is 2.04. The van der Waals surface area contributed by atoms with Crippen molar-refractivity contribution in [2.75, 3.05) is 16.8 Å². The molecule has 0 saturated carbocycles. The minimum atomic E-state index is -3.36. The lowest BCUT2D eigenvalue weighted by atomic mass is 10.5. The summed E-state index contributed by atoms with van der Waals surface area (Å²) in [5, 5.41) is 5.39. The average molecular weight is 304 g/mol. The van der Waals surface area contributed by atoms with Crippen LogP contribution in [-0.2, 0) is 16.4 Å². The highest BCUT2D eigenvalue weighted by molar-refractivity contribution is 7.91. The number of anilines is 2. The molecule has 0 saturated heterocycles. The molecule has 0 bridgehead atoms. The van der Waals surface area contributed by atoms with Gasteiger partial charge in [-0.3, -0.25) is 0 Å². The number of nitrogens with two attached hydrogens (primary N) is 1. The number of nitrogen functional groups attached to an aromatic ring is 1. The Morgan fingerprint density at radius 2 is 2.28 bits per heavy atom. The van der Waals surface area contributed by atoms with E-state index >= 15 is 0 Å². The van der Waals surface area contributed by atoms with E-state index in [4.69, 9.17) is 5.73 Å². The molecule has 3 N–H and O–H groups in total. The van der Waals surface area contributed by atoms with Crippen LogP contribution >= 0.6 is 22.9 Å². The SMILES string of the molecule is CCS(=O)(=O)c1c(N)nsc1NCc1cscn1. The minimum Gasteiger partial charge on any atom is -0.382 e. The van der Waals surface area contributed by atoms with Crippen LogP contribution in [0.15, 0.2) is 15.8 Å². The van der Waals surface area contributed by atoms with Gasteiger partial charge in [0.05, 0.1) is 23.5 Å². The van der Waals surface area contributed by atoms with E-state index in [0.717, 1.165) is 17.2 Å². The molecule has 0 aliphatic heterocycles. The molecule has 0 atom stereocenters. The molecule has 0 radical (unpaired) electrons. The molecule has 2 aromatic rings. The predicted molar refractivity (Wildman–Crippen MR) is 73.7 cm³/mol. The zero-order valence-corrected chi connectivity index (χ0v) is 12.0. The van der Waals surface area contributed by atoms with Gasteiger partial charge in [0.1, 0.15) is 9.90 Å². The van der Waals surface area contributed by atoms with Crippen LogP contribution < -0.4 is 11.1 Å². The molecule has 0 aliphatic carbocycles. The van der Waals surface area contributed by atoms with Crippen molar-refractivity contribution in [1.82, 2.24) is 9.36 Å². The fraction of sp³-hybridized carbons (Fsp3) is 0.333. The van der Waals surface area contributed by atoms with Gasteiger partial charge in [0, 0.05) is 5.38 Å². The number of rotatable bonds is 5. The molecular weight excluding hydrogens is 292 g/mol. The first-order chi connectivity index (χ1) is 8.54. The molecule has 2 aromatic heterocycles. The zero-order chi connectivity index (χ0) is 13.2. The highest BCUT2D eigenvalue weighted by Crippen LogP contribution is 2.32. The number of hydrogen-bond donors (Lipinski definition) is 2. The van der Waals surface area contributed by atoms with Gasteiger partial charge in [0.2, 0.25) is 0 Å². The smallest absolute Gasteiger partial charge is 0.184 e. The molecule has 2 rings (SSSR count). The molecule has 0 fully saturated rings. The molecule has 2 heterocycles. The summed E-state index contributed by atoms with van der Waals surface area (Å²) >= 11 is 2.54. The van der Waals surface area contributed by atoms with Crippen molar-refractivity contribution in [2.24, 2.45) is 0 Å². The molecule has 98 valence electrons. The number of nitrogens with one attached hydrogen (secondary N) is 1. The Bertz CT molecular complexity index is 618. The normalized spacial score (nSPS) is 11.6. The lowest BCUT2D eigenvalue weighted by Gasteiger charge is -2.05. The van der Waals surface area contributed by atoms with Crippen molar-refractivity contribution in [3.8, 4) is 0 Å². The molecule has 0 aromatic carbocycles. The fourth-order valence-corrected chi connectivity index (χ4v) is 4.07. The van der Waals surface area contributed by atoms with E-state index in [0.29, 0.717) is 11.5 Å². The summed E-state index contributed by atoms with van der Waals surface area (Å²) < 4.78 is 27.7. The van der Waals surface area contributed by atoms with Crippen molar-refractivity contribution in [3.05, 3.63) is 16.6 Å². The minimum absolute atomic E-state index is 0.000986. The summed E-state index contributed by atoms with van der Waals surface area (Å²) in [7, 11) is -3.36. The van der Waals surface area contributed by atoms with Gasteiger partial charge in [0.15, 0.2) is 15.7 Å². The summed E-state index contributed by atoms with van der Waals surface area (Å²) in [5.41, 5.74) is 8.20. The number of aromatic nitrogens is 2. The molecule has 18 heavy (non-hydrogen) atoms. The highest BCUT2D eigenvalue weighted by atomic mass is 32.2. The molecular formula is C9H12N4O2S3. The van der Waals surface area contributed by atoms with Crippen LogP contribution in [0.5, 0.6) is 0 Å². The second kappa shape index (κ2) is 5.21. The summed E-state index contributed by atoms with van der Waals surface area (Å²) in [5.74, 6) is 0.0590. The Labute approximate surface area is 113 Å². The Hall–Kier alpha value is -1.19. The summed E-state index contributed by atoms with van der Waals surface area (Å²) in [6, 6.07) is 0. The quantitative estimate of drug-likeness (QED) is 0.870. The Morgan fingerprint density at radius 3 is 2.89 bits per heavy atom. The van der Waals surface area contributed by atoms with Gasteiger partial charge in [-0.15, -0.1) is 11.3 Å². The number of sulfone groups is 1. The van der Waals surface area contributed by atoms with E-state index in [2.05, 4.69) is 14.7 Å². The predicted octanol–water partition coefficient (Wildman–Crippen LogP) is 1.59. The van der Waals surface area contributed by atoms with Crippen molar-refractivity contribution in [3.63, 3.8) is 0 Å². The van der Waals surface area contributed by atoms with Crippen LogP contribution in [0, 0.1) is 0 Å². The third kappa shape index (κ3) is 2.62. The molecule has 0 unspecified atom stereocenters. The topological polar surface area (TPSA) is 98.0 Å². The largest absolute Gasteiger partial charge is 0.382 e. The van der Waals surface area contributed by atoms with Gasteiger partial charge in [-0.1, -0.05) is 6.92 Å². The van der Waals surface area contributed by atoms with E-state index in [1.807, 2.05) is 5.38 Å². The van der Waals surface area contributed by atoms with Gasteiger partial charge in [-0.25, -0.2) is 13.4 Å². The first-order valence-corrected chi connectivity index (χ1v) is 8.50. The standard InChI is InChI=1S/C9H12N4O2S3/c1-2-18(14,15)7-8(10)13-17-9(7)11-3-6-4-16-5-12-6/h4-5,11H,2-3H2,1H3,(H2,10,13). The lowest BCUT2D eigenvalue weighted by molar-refractivity contribution is 0.598. The Balaban J connectivity index is 2.24. The summed E-state index contributed by atoms with van der Waals surface area (Å²) in [4.78, 5) is 4.21. The maximum atomic E-state index is 11.9. The fourth-order valence-electron chi connectivity index (χ4n) is 1.35. The van der Waals surface area contributed by atoms with Gasteiger partial charge in [0.25, 0.3) is 0 Å². The van der Waals surface area contributed by atoms with Crippen molar-refractivity contribution in [2.45, 2.75) is 18.4 Å². The van der Waals surface area contributed by atoms with E-state index in [9.17, 15) is 8.42 Å². The van der Waals surface area contributed by atoms with Gasteiger partial charge in [-0.05, 0) is 11.5 Å². The molecule has 0 aliphatic rings. The third-order valence-corrected chi connectivity index (χ3v) is 5.66. The van der Waals surface area contributed by atoms with Crippen LogP contribution in [-0.4, -0.2) is 23.5 Å². The van der Waals surface area contributed by atoms with Crippen molar-refractivity contribution >= 4 is 43.5 Å². The van der Waals surface area contributed by atoms with Crippen LogP contribution in [0.1, 0.15) is 12.6 Å². The van der Waals surface area contributed by atoms with Gasteiger partial charge >= 0.3 is 0 Å². The van der Waals surface area contributed by atoms with Gasteiger partial charge < -0.3 is 11.1 Å². The van der Waals surface area contributed by atoms with Crippen LogP contribution in [0.4, 0.5) is 10.8 Å². The maximum absolute atomic E-state index is 11.9. The highest BCUT2D eigenvalue weighted by Gasteiger charge is 2.23. The third-order valence-electron chi connectivity index (χ3n) is 2.28. The first-order valence-electron chi connectivity index (χ1n) is 5.13. The number of thiazole rings is 1. The van der Waals surface area contributed by atoms with E-state index < -0.39 is 9.84 Å². The zero-order valence-electron chi connectivity index (χ0n) is 9.58. The average Bonchev–Trinajstić information content (AvgIpc) is 2.95. The van der Waals surface area contributed by atoms with Crippen LogP contribution in [0.3, 0.4) is 0 Å². The number of hydrogen-bond acceptors (Lipinski definition) is 8.